The molecule has 0 aromatic heterocycles. The van der Waals surface area contributed by atoms with Gasteiger partial charge in [-0.05, 0) is 49.2 Å². The predicted molar refractivity (Wildman–Crippen MR) is 277 cm³/mol. The van der Waals surface area contributed by atoms with Crippen LogP contribution in [0.2, 0.25) is 0 Å². The van der Waals surface area contributed by atoms with Crippen LogP contribution in [-0.2, 0) is 49.9 Å². The van der Waals surface area contributed by atoms with Gasteiger partial charge in [0.15, 0.2) is 0 Å². The second kappa shape index (κ2) is 21.7. The molecular formula is C60H75CrN3O3. The van der Waals surface area contributed by atoms with Gasteiger partial charge in [-0.25, -0.2) is 0 Å². The van der Waals surface area contributed by atoms with E-state index < -0.39 is 0 Å². The van der Waals surface area contributed by atoms with Gasteiger partial charge in [-0.3, -0.25) is 0 Å². The topological polar surface area (TPSA) is 111 Å². The minimum Gasteiger partial charge on any atom is -0.873 e. The van der Waals surface area contributed by atoms with E-state index in [0.717, 1.165) is 50.4 Å². The molecule has 6 aromatic carbocycles. The van der Waals surface area contributed by atoms with Crippen molar-refractivity contribution in [3.05, 3.63) is 177 Å². The van der Waals surface area contributed by atoms with Gasteiger partial charge >= 0.3 is 17.4 Å². The van der Waals surface area contributed by atoms with E-state index in [1.54, 1.807) is 0 Å². The van der Waals surface area contributed by atoms with E-state index >= 15 is 0 Å². The summed E-state index contributed by atoms with van der Waals surface area (Å²) in [6.07, 6.45) is 0. The van der Waals surface area contributed by atoms with Gasteiger partial charge in [-0.15, -0.1) is 51.4 Å². The first kappa shape index (κ1) is 56.0. The molecule has 0 bridgehead atoms. The largest absolute Gasteiger partial charge is 6.00 e. The Bertz CT molecular complexity index is 2230. The maximum absolute atomic E-state index is 12.8. The normalized spacial score (nSPS) is 12.1. The third kappa shape index (κ3) is 15.9. The van der Waals surface area contributed by atoms with E-state index in [1.165, 1.54) is 0 Å². The maximum Gasteiger partial charge on any atom is 6.00 e. The summed E-state index contributed by atoms with van der Waals surface area (Å²) in [6.45, 7) is 38.1. The van der Waals surface area contributed by atoms with Crippen molar-refractivity contribution in [3.8, 4) is 17.2 Å². The minimum absolute atomic E-state index is 0. The van der Waals surface area contributed by atoms with Gasteiger partial charge in [-0.2, -0.15) is 0 Å². The Balaban J connectivity index is 0.000000264. The Kier molecular flexibility index (Phi) is 18.2. The average Bonchev–Trinajstić information content (AvgIpc) is 3.19. The van der Waals surface area contributed by atoms with Crippen LogP contribution in [-0.4, -0.2) is 0 Å². The molecule has 0 N–H and O–H groups in total. The summed E-state index contributed by atoms with van der Waals surface area (Å²) in [6, 6.07) is 40.9. The fourth-order valence-electron chi connectivity index (χ4n) is 6.98. The van der Waals surface area contributed by atoms with E-state index in [-0.39, 0.29) is 67.1 Å². The van der Waals surface area contributed by atoms with Gasteiger partial charge in [0.05, 0.1) is 0 Å². The Morgan fingerprint density at radius 3 is 0.642 bits per heavy atom. The molecule has 0 saturated carbocycles. The molecule has 7 heteroatoms. The molecule has 0 radical (unpaired) electrons. The molecule has 6 nitrogen and oxygen atoms in total. The molecule has 0 aliphatic rings. The van der Waals surface area contributed by atoms with Crippen LogP contribution < -0.4 is 15.3 Å². The Morgan fingerprint density at radius 2 is 0.478 bits per heavy atom. The molecule has 0 saturated heterocycles. The average molecular weight is 938 g/mol. The first-order valence-corrected chi connectivity index (χ1v) is 23.2. The van der Waals surface area contributed by atoms with Crippen LogP contribution in [0.3, 0.4) is 0 Å². The molecule has 67 heavy (non-hydrogen) atoms. The number of benzene rings is 6. The Labute approximate surface area is 415 Å². The molecule has 354 valence electrons. The van der Waals surface area contributed by atoms with Crippen molar-refractivity contribution >= 4 is 34.1 Å². The summed E-state index contributed by atoms with van der Waals surface area (Å²) in [5, 5.41) is 52.1. The fourth-order valence-corrected chi connectivity index (χ4v) is 6.98. The Hall–Kier alpha value is -5.35. The molecule has 6 aromatic rings. The molecule has 0 unspecified atom stereocenters. The molecular weight excluding hydrogens is 863 g/mol. The summed E-state index contributed by atoms with van der Waals surface area (Å²) >= 11 is 0. The van der Waals surface area contributed by atoms with Crippen LogP contribution in [0.5, 0.6) is 17.2 Å². The monoisotopic (exact) mass is 938 g/mol. The van der Waals surface area contributed by atoms with Crippen molar-refractivity contribution in [2.75, 3.05) is 0 Å². The number of hydrogen-bond donors (Lipinski definition) is 0. The summed E-state index contributed by atoms with van der Waals surface area (Å²) in [4.78, 5) is 0. The second-order valence-corrected chi connectivity index (χ2v) is 23.5. The molecule has 6 rings (SSSR count). The summed E-state index contributed by atoms with van der Waals surface area (Å²) in [5.41, 5.74) is 9.30. The zero-order chi connectivity index (χ0) is 49.6. The van der Waals surface area contributed by atoms with Gasteiger partial charge in [-0.1, -0.05) is 269 Å². The van der Waals surface area contributed by atoms with Gasteiger partial charge in [0, 0.05) is 0 Å². The summed E-state index contributed by atoms with van der Waals surface area (Å²) < 4.78 is 0. The van der Waals surface area contributed by atoms with Crippen molar-refractivity contribution in [1.82, 2.24) is 0 Å². The standard InChI is InChI=1S/3C20H26NO.Cr/c3*1-19(2,3)14-12-16(20(4,5)6)18(22)17(13-14)21-15-10-8-7-9-11-15;/h3*7-13,22H,1-6H3;/q3*-1;+6/p-3. The molecule has 0 atom stereocenters. The van der Waals surface area contributed by atoms with Crippen LogP contribution in [0.15, 0.2) is 127 Å². The number of rotatable bonds is 6. The van der Waals surface area contributed by atoms with Gasteiger partial charge in [0.1, 0.15) is 0 Å². The molecule has 0 amide bonds. The van der Waals surface area contributed by atoms with Crippen LogP contribution >= 0.6 is 0 Å². The molecule has 0 heterocycles. The van der Waals surface area contributed by atoms with Crippen LogP contribution in [0.25, 0.3) is 16.0 Å². The quantitative estimate of drug-likeness (QED) is 0.166. The number of hydrogen-bond acceptors (Lipinski definition) is 3. The smallest absolute Gasteiger partial charge is 0.873 e. The van der Waals surface area contributed by atoms with E-state index in [4.69, 9.17) is 0 Å². The van der Waals surface area contributed by atoms with Crippen molar-refractivity contribution in [2.24, 2.45) is 0 Å². The summed E-state index contributed by atoms with van der Waals surface area (Å²) in [5.74, 6) is 0.0954. The third-order valence-electron chi connectivity index (χ3n) is 11.2. The molecule has 0 aliphatic heterocycles. The minimum atomic E-state index is -0.195. The van der Waals surface area contributed by atoms with E-state index in [2.05, 4.69) is 141 Å². The zero-order valence-corrected chi connectivity index (χ0v) is 44.9. The molecule has 0 aliphatic carbocycles. The fraction of sp³-hybridized carbons (Fsp3) is 0.400. The van der Waals surface area contributed by atoms with E-state index in [9.17, 15) is 15.3 Å². The Morgan fingerprint density at radius 1 is 0.284 bits per heavy atom. The van der Waals surface area contributed by atoms with Crippen LogP contribution in [0.1, 0.15) is 158 Å². The first-order valence-electron chi connectivity index (χ1n) is 23.2. The van der Waals surface area contributed by atoms with Crippen molar-refractivity contribution in [2.45, 2.75) is 157 Å². The van der Waals surface area contributed by atoms with Crippen molar-refractivity contribution in [3.63, 3.8) is 0 Å². The van der Waals surface area contributed by atoms with Crippen LogP contribution in [0, 0.1) is 0 Å². The van der Waals surface area contributed by atoms with E-state index in [0.29, 0.717) is 17.1 Å². The third-order valence-corrected chi connectivity index (χ3v) is 11.2. The first-order chi connectivity index (χ1) is 30.3. The van der Waals surface area contributed by atoms with Crippen molar-refractivity contribution in [1.29, 1.82) is 0 Å². The van der Waals surface area contributed by atoms with Gasteiger partial charge in [0.25, 0.3) is 0 Å². The van der Waals surface area contributed by atoms with Crippen molar-refractivity contribution < 1.29 is 32.7 Å². The number of nitrogens with zero attached hydrogens (tertiary/aromatic N) is 3. The zero-order valence-electron chi connectivity index (χ0n) is 43.6. The second-order valence-electron chi connectivity index (χ2n) is 23.5. The van der Waals surface area contributed by atoms with Gasteiger partial charge in [0.2, 0.25) is 0 Å². The van der Waals surface area contributed by atoms with E-state index in [1.807, 2.05) is 127 Å². The number of para-hydroxylation sites is 3. The molecule has 0 spiro atoms. The summed E-state index contributed by atoms with van der Waals surface area (Å²) in [7, 11) is 0. The van der Waals surface area contributed by atoms with Crippen LogP contribution in [0.4, 0.5) is 34.1 Å². The predicted octanol–water partition coefficient (Wildman–Crippen LogP) is 17.1. The SMILES string of the molecule is CC(C)(C)c1cc([N-]c2ccccc2)c([O-])c(C(C)(C)C)c1.CC(C)(C)c1cc([N-]c2ccccc2)c([O-])c(C(C)(C)C)c1.CC(C)(C)c1cc([N-]c2ccccc2)c([O-])c(C(C)(C)C)c1.[Cr+6]. The van der Waals surface area contributed by atoms with Gasteiger partial charge < -0.3 is 31.3 Å². The maximum atomic E-state index is 12.8. The molecule has 0 fully saturated rings.